The van der Waals surface area contributed by atoms with Crippen molar-refractivity contribution in [3.8, 4) is 11.1 Å². The zero-order valence-electron chi connectivity index (χ0n) is 18.9. The molecule has 1 atom stereocenters. The van der Waals surface area contributed by atoms with Gasteiger partial charge in [0.1, 0.15) is 6.61 Å². The summed E-state index contributed by atoms with van der Waals surface area (Å²) < 4.78 is 10.5. The van der Waals surface area contributed by atoms with Crippen molar-refractivity contribution in [2.75, 3.05) is 13.2 Å². The van der Waals surface area contributed by atoms with E-state index in [4.69, 9.17) is 9.47 Å². The standard InChI is InChI=1S/C25H30N2O6/c1-3-5-15-32-23(30)26-25(14-4-2,22(28)29)27-24(31)33-16-21-19-12-8-6-10-17(19)18-11-7-9-13-20(18)21/h6-13,21H,3-5,14-16H2,1-2H3,(H,26,30)(H,27,31)(H,28,29). The summed E-state index contributed by atoms with van der Waals surface area (Å²) in [6.07, 6.45) is 0.00578. The topological polar surface area (TPSA) is 114 Å². The molecule has 1 aliphatic rings. The first-order valence-corrected chi connectivity index (χ1v) is 11.2. The minimum absolute atomic E-state index is 0.0304. The molecule has 0 bridgehead atoms. The predicted molar refractivity (Wildman–Crippen MR) is 123 cm³/mol. The number of carbonyl (C=O) groups excluding carboxylic acids is 2. The third-order valence-corrected chi connectivity index (χ3v) is 5.70. The number of hydrogen-bond donors (Lipinski definition) is 3. The number of alkyl carbamates (subject to hydrolysis) is 2. The lowest BCUT2D eigenvalue weighted by Gasteiger charge is -2.30. The minimum atomic E-state index is -2.03. The maximum absolute atomic E-state index is 12.7. The van der Waals surface area contributed by atoms with Gasteiger partial charge in [0.2, 0.25) is 5.66 Å². The van der Waals surface area contributed by atoms with E-state index in [1.165, 1.54) is 0 Å². The number of rotatable bonds is 10. The van der Waals surface area contributed by atoms with Crippen LogP contribution < -0.4 is 10.6 Å². The molecule has 2 aromatic rings. The minimum Gasteiger partial charge on any atom is -0.478 e. The Hall–Kier alpha value is -3.55. The summed E-state index contributed by atoms with van der Waals surface area (Å²) in [5.74, 6) is -1.56. The highest BCUT2D eigenvalue weighted by Gasteiger charge is 2.42. The monoisotopic (exact) mass is 454 g/mol. The van der Waals surface area contributed by atoms with Crippen LogP contribution >= 0.6 is 0 Å². The molecule has 0 aromatic heterocycles. The fourth-order valence-corrected chi connectivity index (χ4v) is 4.07. The molecule has 33 heavy (non-hydrogen) atoms. The number of benzene rings is 2. The Morgan fingerprint density at radius 3 is 1.94 bits per heavy atom. The van der Waals surface area contributed by atoms with Crippen LogP contribution in [-0.2, 0) is 14.3 Å². The van der Waals surface area contributed by atoms with Crippen molar-refractivity contribution in [1.29, 1.82) is 0 Å². The van der Waals surface area contributed by atoms with Crippen molar-refractivity contribution in [3.63, 3.8) is 0 Å². The van der Waals surface area contributed by atoms with E-state index in [1.807, 2.05) is 55.5 Å². The van der Waals surface area contributed by atoms with Gasteiger partial charge in [-0.25, -0.2) is 14.4 Å². The van der Waals surface area contributed by atoms with Gasteiger partial charge in [-0.2, -0.15) is 0 Å². The highest BCUT2D eigenvalue weighted by atomic mass is 16.6. The van der Waals surface area contributed by atoms with Gasteiger partial charge in [-0.05, 0) is 28.7 Å². The van der Waals surface area contributed by atoms with E-state index in [1.54, 1.807) is 6.92 Å². The van der Waals surface area contributed by atoms with Crippen LogP contribution in [0.5, 0.6) is 0 Å². The van der Waals surface area contributed by atoms with Gasteiger partial charge in [0.25, 0.3) is 0 Å². The SMILES string of the molecule is CCCCOC(=O)NC(CCC)(NC(=O)OCC1c2ccccc2-c2ccccc21)C(=O)O. The first kappa shape index (κ1) is 24.1. The Labute approximate surface area is 193 Å². The van der Waals surface area contributed by atoms with E-state index >= 15 is 0 Å². The molecule has 1 aliphatic carbocycles. The molecule has 8 nitrogen and oxygen atoms in total. The lowest BCUT2D eigenvalue weighted by molar-refractivity contribution is -0.146. The maximum atomic E-state index is 12.7. The van der Waals surface area contributed by atoms with Crippen LogP contribution in [0.2, 0.25) is 0 Å². The summed E-state index contributed by atoms with van der Waals surface area (Å²) in [7, 11) is 0. The molecule has 2 aromatic carbocycles. The van der Waals surface area contributed by atoms with E-state index in [2.05, 4.69) is 10.6 Å². The third kappa shape index (κ3) is 5.45. The fraction of sp³-hybridized carbons (Fsp3) is 0.400. The Bertz CT molecular complexity index is 962. The normalized spacial score (nSPS) is 13.9. The molecule has 1 unspecified atom stereocenters. The number of aliphatic carboxylic acids is 1. The van der Waals surface area contributed by atoms with Crippen LogP contribution in [0.25, 0.3) is 11.1 Å². The fourth-order valence-electron chi connectivity index (χ4n) is 4.07. The van der Waals surface area contributed by atoms with Crippen molar-refractivity contribution >= 4 is 18.2 Å². The van der Waals surface area contributed by atoms with Crippen LogP contribution in [-0.4, -0.2) is 42.1 Å². The average molecular weight is 455 g/mol. The molecule has 0 spiro atoms. The second-order valence-corrected chi connectivity index (χ2v) is 8.03. The molecule has 0 fully saturated rings. The second-order valence-electron chi connectivity index (χ2n) is 8.03. The van der Waals surface area contributed by atoms with Crippen molar-refractivity contribution < 1.29 is 29.0 Å². The van der Waals surface area contributed by atoms with E-state index in [-0.39, 0.29) is 25.6 Å². The van der Waals surface area contributed by atoms with Crippen molar-refractivity contribution in [1.82, 2.24) is 10.6 Å². The second kappa shape index (κ2) is 10.8. The Morgan fingerprint density at radius 2 is 1.42 bits per heavy atom. The molecular weight excluding hydrogens is 424 g/mol. The number of carboxylic acids is 1. The van der Waals surface area contributed by atoms with Crippen LogP contribution in [0.1, 0.15) is 56.6 Å². The van der Waals surface area contributed by atoms with Gasteiger partial charge in [0.05, 0.1) is 6.61 Å². The molecule has 0 aliphatic heterocycles. The number of carboxylic acid groups (broad SMARTS) is 1. The Morgan fingerprint density at radius 1 is 0.879 bits per heavy atom. The third-order valence-electron chi connectivity index (χ3n) is 5.70. The zero-order chi connectivity index (χ0) is 23.8. The van der Waals surface area contributed by atoms with Crippen LogP contribution in [0.3, 0.4) is 0 Å². The van der Waals surface area contributed by atoms with Gasteiger partial charge in [0, 0.05) is 12.3 Å². The molecule has 176 valence electrons. The quantitative estimate of drug-likeness (QED) is 0.356. The van der Waals surface area contributed by atoms with Crippen LogP contribution in [0.4, 0.5) is 9.59 Å². The van der Waals surface area contributed by atoms with Gasteiger partial charge in [-0.3, -0.25) is 10.6 Å². The summed E-state index contributed by atoms with van der Waals surface area (Å²) >= 11 is 0. The highest BCUT2D eigenvalue weighted by molar-refractivity contribution is 5.88. The predicted octanol–water partition coefficient (Wildman–Crippen LogP) is 4.63. The number of ether oxygens (including phenoxy) is 2. The largest absolute Gasteiger partial charge is 0.478 e. The smallest absolute Gasteiger partial charge is 0.409 e. The van der Waals surface area contributed by atoms with E-state index in [0.717, 1.165) is 28.7 Å². The Balaban J connectivity index is 1.70. The molecule has 0 saturated heterocycles. The lowest BCUT2D eigenvalue weighted by atomic mass is 9.98. The van der Waals surface area contributed by atoms with Crippen LogP contribution in [0, 0.1) is 0 Å². The molecule has 0 radical (unpaired) electrons. The van der Waals surface area contributed by atoms with Gasteiger partial charge < -0.3 is 14.6 Å². The van der Waals surface area contributed by atoms with Crippen molar-refractivity contribution in [3.05, 3.63) is 59.7 Å². The molecule has 3 N–H and O–H groups in total. The first-order chi connectivity index (χ1) is 15.9. The highest BCUT2D eigenvalue weighted by Crippen LogP contribution is 2.44. The first-order valence-electron chi connectivity index (χ1n) is 11.2. The maximum Gasteiger partial charge on any atom is 0.409 e. The van der Waals surface area contributed by atoms with Crippen LogP contribution in [0.15, 0.2) is 48.5 Å². The summed E-state index contributed by atoms with van der Waals surface area (Å²) in [6, 6.07) is 15.8. The molecular formula is C25H30N2O6. The summed E-state index contributed by atoms with van der Waals surface area (Å²) in [6.45, 7) is 3.89. The number of hydrogen-bond acceptors (Lipinski definition) is 5. The molecule has 3 rings (SSSR count). The van der Waals surface area contributed by atoms with E-state index in [0.29, 0.717) is 12.8 Å². The van der Waals surface area contributed by atoms with Gasteiger partial charge in [-0.1, -0.05) is 75.2 Å². The molecule has 8 heteroatoms. The lowest BCUT2D eigenvalue weighted by Crippen LogP contribution is -2.65. The summed E-state index contributed by atoms with van der Waals surface area (Å²) in [5.41, 5.74) is 2.24. The number of amides is 2. The number of unbranched alkanes of at least 4 members (excludes halogenated alkanes) is 1. The zero-order valence-corrected chi connectivity index (χ0v) is 18.9. The summed E-state index contributed by atoms with van der Waals surface area (Å²) in [5, 5.41) is 14.5. The van der Waals surface area contributed by atoms with Gasteiger partial charge in [-0.15, -0.1) is 0 Å². The molecule has 0 heterocycles. The van der Waals surface area contributed by atoms with E-state index < -0.39 is 23.8 Å². The Kier molecular flexibility index (Phi) is 7.92. The number of nitrogens with one attached hydrogen (secondary N) is 2. The van der Waals surface area contributed by atoms with E-state index in [9.17, 15) is 19.5 Å². The molecule has 2 amide bonds. The van der Waals surface area contributed by atoms with Crippen molar-refractivity contribution in [2.24, 2.45) is 0 Å². The average Bonchev–Trinajstić information content (AvgIpc) is 3.11. The van der Waals surface area contributed by atoms with Gasteiger partial charge in [0.15, 0.2) is 0 Å². The molecule has 0 saturated carbocycles. The number of carbonyl (C=O) groups is 3. The van der Waals surface area contributed by atoms with Gasteiger partial charge >= 0.3 is 18.2 Å². The summed E-state index contributed by atoms with van der Waals surface area (Å²) in [4.78, 5) is 36.9. The number of fused-ring (bicyclic) bond motifs is 3. The van der Waals surface area contributed by atoms with Crippen molar-refractivity contribution in [2.45, 2.75) is 51.1 Å².